The maximum absolute atomic E-state index is 14.0. The van der Waals surface area contributed by atoms with Gasteiger partial charge in [0, 0.05) is 16.6 Å². The van der Waals surface area contributed by atoms with E-state index in [0.29, 0.717) is 10.8 Å². The van der Waals surface area contributed by atoms with Crippen LogP contribution in [0.3, 0.4) is 0 Å². The quantitative estimate of drug-likeness (QED) is 0.404. The van der Waals surface area contributed by atoms with Crippen molar-refractivity contribution < 1.29 is 13.6 Å². The van der Waals surface area contributed by atoms with Crippen molar-refractivity contribution in [2.24, 2.45) is 0 Å². The number of carbonyl (C=O) groups is 1. The second-order valence-corrected chi connectivity index (χ2v) is 8.18. The van der Waals surface area contributed by atoms with Crippen LogP contribution in [0, 0.1) is 19.7 Å². The number of hydrogen-bond donors (Lipinski definition) is 2. The zero-order chi connectivity index (χ0) is 21.1. The summed E-state index contributed by atoms with van der Waals surface area (Å²) in [6.07, 6.45) is 3.18. The first-order valence-electron chi connectivity index (χ1n) is 9.39. The van der Waals surface area contributed by atoms with Crippen LogP contribution in [-0.2, 0) is 0 Å². The molecule has 7 heteroatoms. The van der Waals surface area contributed by atoms with Crippen LogP contribution in [0.2, 0.25) is 0 Å². The lowest BCUT2D eigenvalue weighted by atomic mass is 9.99. The first kappa shape index (κ1) is 19.8. The molecule has 1 aromatic carbocycles. The number of hydrogen-bond acceptors (Lipinski definition) is 5. The predicted octanol–water partition coefficient (Wildman–Crippen LogP) is 5.95. The van der Waals surface area contributed by atoms with Crippen LogP contribution >= 0.6 is 11.3 Å². The molecule has 3 heterocycles. The van der Waals surface area contributed by atoms with E-state index in [-0.39, 0.29) is 17.5 Å². The number of nitrogens with zero attached hydrogens (tertiary/aromatic N) is 1. The fourth-order valence-corrected chi connectivity index (χ4v) is 4.15. The largest absolute Gasteiger partial charge is 0.459 e. The maximum Gasteiger partial charge on any atom is 0.291 e. The molecule has 0 aliphatic heterocycles. The van der Waals surface area contributed by atoms with Crippen molar-refractivity contribution in [1.82, 2.24) is 4.98 Å². The first-order chi connectivity index (χ1) is 14.5. The molecular weight excluding hydrogens is 401 g/mol. The Morgan fingerprint density at radius 3 is 2.73 bits per heavy atom. The minimum absolute atomic E-state index is 0.225. The molecule has 0 saturated heterocycles. The number of anilines is 2. The molecule has 152 valence electrons. The number of pyridine rings is 1. The number of nitrogens with one attached hydrogen (secondary N) is 2. The SMILES string of the molecule is Cc1ccnc(N[C@H](c2cccc(F)c2)c2cc(C)sc2NC(=O)c2ccco2)c1. The van der Waals surface area contributed by atoms with Gasteiger partial charge in [0.05, 0.1) is 12.3 Å². The Balaban J connectivity index is 1.74. The van der Waals surface area contributed by atoms with Gasteiger partial charge in [-0.3, -0.25) is 4.79 Å². The van der Waals surface area contributed by atoms with E-state index in [1.165, 1.54) is 29.7 Å². The highest BCUT2D eigenvalue weighted by Gasteiger charge is 2.23. The smallest absolute Gasteiger partial charge is 0.291 e. The topological polar surface area (TPSA) is 67.2 Å². The Labute approximate surface area is 177 Å². The van der Waals surface area contributed by atoms with Gasteiger partial charge in [0.15, 0.2) is 5.76 Å². The number of halogens is 1. The highest BCUT2D eigenvalue weighted by Crippen LogP contribution is 2.37. The van der Waals surface area contributed by atoms with Crippen LogP contribution < -0.4 is 10.6 Å². The van der Waals surface area contributed by atoms with Crippen molar-refractivity contribution >= 4 is 28.1 Å². The molecule has 1 amide bonds. The van der Waals surface area contributed by atoms with Crippen LogP contribution in [0.5, 0.6) is 0 Å². The lowest BCUT2D eigenvalue weighted by Gasteiger charge is -2.21. The highest BCUT2D eigenvalue weighted by atomic mass is 32.1. The van der Waals surface area contributed by atoms with Crippen LogP contribution in [0.25, 0.3) is 0 Å². The average Bonchev–Trinajstić information content (AvgIpc) is 3.36. The van der Waals surface area contributed by atoms with Crippen molar-refractivity contribution in [2.75, 3.05) is 10.6 Å². The van der Waals surface area contributed by atoms with Crippen molar-refractivity contribution in [1.29, 1.82) is 0 Å². The van der Waals surface area contributed by atoms with Crippen molar-refractivity contribution in [2.45, 2.75) is 19.9 Å². The fraction of sp³-hybridized carbons (Fsp3) is 0.130. The lowest BCUT2D eigenvalue weighted by molar-refractivity contribution is 0.0997. The fourth-order valence-electron chi connectivity index (χ4n) is 3.21. The second kappa shape index (κ2) is 8.51. The molecule has 0 unspecified atom stereocenters. The third-order valence-corrected chi connectivity index (χ3v) is 5.54. The van der Waals surface area contributed by atoms with Crippen LogP contribution in [0.15, 0.2) is 71.5 Å². The lowest BCUT2D eigenvalue weighted by Crippen LogP contribution is -2.17. The van der Waals surface area contributed by atoms with E-state index in [4.69, 9.17) is 4.42 Å². The molecule has 2 N–H and O–H groups in total. The predicted molar refractivity (Wildman–Crippen MR) is 117 cm³/mol. The number of aryl methyl sites for hydroxylation is 2. The Morgan fingerprint density at radius 2 is 2.00 bits per heavy atom. The molecule has 4 aromatic rings. The summed E-state index contributed by atoms with van der Waals surface area (Å²) >= 11 is 1.45. The minimum atomic E-state index is -0.410. The standard InChI is InChI=1S/C23H20FN3O2S/c1-14-8-9-25-20(11-14)26-21(16-5-3-6-17(24)13-16)18-12-15(2)30-23(18)27-22(28)19-7-4-10-29-19/h3-13,21H,1-2H3,(H,25,26)(H,27,28)/t21-/m1/s1. The molecule has 30 heavy (non-hydrogen) atoms. The molecule has 4 rings (SSSR count). The summed E-state index contributed by atoms with van der Waals surface area (Å²) in [4.78, 5) is 18.0. The average molecular weight is 421 g/mol. The normalized spacial score (nSPS) is 11.8. The number of aromatic nitrogens is 1. The molecule has 0 aliphatic rings. The second-order valence-electron chi connectivity index (χ2n) is 6.92. The van der Waals surface area contributed by atoms with E-state index >= 15 is 0 Å². The van der Waals surface area contributed by atoms with E-state index in [9.17, 15) is 9.18 Å². The summed E-state index contributed by atoms with van der Waals surface area (Å²) in [5.74, 6) is 0.221. The molecular formula is C23H20FN3O2S. The molecule has 0 fully saturated rings. The van der Waals surface area contributed by atoms with Gasteiger partial charge in [0.2, 0.25) is 0 Å². The first-order valence-corrected chi connectivity index (χ1v) is 10.2. The third-order valence-electron chi connectivity index (χ3n) is 4.56. The van der Waals surface area contributed by atoms with E-state index in [1.54, 1.807) is 24.4 Å². The monoisotopic (exact) mass is 421 g/mol. The summed E-state index contributed by atoms with van der Waals surface area (Å²) in [5, 5.41) is 6.99. The molecule has 0 radical (unpaired) electrons. The molecule has 0 bridgehead atoms. The van der Waals surface area contributed by atoms with Gasteiger partial charge in [-0.15, -0.1) is 11.3 Å². The van der Waals surface area contributed by atoms with E-state index < -0.39 is 6.04 Å². The molecule has 0 spiro atoms. The van der Waals surface area contributed by atoms with Crippen LogP contribution in [0.1, 0.15) is 38.2 Å². The molecule has 3 aromatic heterocycles. The Kier molecular flexibility index (Phi) is 5.63. The van der Waals surface area contributed by atoms with Crippen LogP contribution in [0.4, 0.5) is 15.2 Å². The number of furan rings is 1. The van der Waals surface area contributed by atoms with Gasteiger partial charge in [-0.25, -0.2) is 9.37 Å². The zero-order valence-corrected chi connectivity index (χ0v) is 17.3. The minimum Gasteiger partial charge on any atom is -0.459 e. The number of benzene rings is 1. The summed E-state index contributed by atoms with van der Waals surface area (Å²) in [6.45, 7) is 3.94. The van der Waals surface area contributed by atoms with E-state index in [0.717, 1.165) is 21.6 Å². The van der Waals surface area contributed by atoms with Gasteiger partial charge >= 0.3 is 0 Å². The van der Waals surface area contributed by atoms with Crippen molar-refractivity contribution in [3.63, 3.8) is 0 Å². The molecule has 0 aliphatic carbocycles. The maximum atomic E-state index is 14.0. The highest BCUT2D eigenvalue weighted by molar-refractivity contribution is 7.16. The van der Waals surface area contributed by atoms with Gasteiger partial charge in [0.25, 0.3) is 5.91 Å². The number of carbonyl (C=O) groups excluding carboxylic acids is 1. The van der Waals surface area contributed by atoms with Crippen molar-refractivity contribution in [3.8, 4) is 0 Å². The van der Waals surface area contributed by atoms with E-state index in [2.05, 4.69) is 15.6 Å². The third kappa shape index (κ3) is 4.41. The summed E-state index contributed by atoms with van der Waals surface area (Å²) in [6, 6.07) is 15.1. The van der Waals surface area contributed by atoms with Gasteiger partial charge in [0.1, 0.15) is 16.6 Å². The Morgan fingerprint density at radius 1 is 1.13 bits per heavy atom. The number of thiophene rings is 1. The number of rotatable bonds is 6. The van der Waals surface area contributed by atoms with Gasteiger partial charge in [-0.1, -0.05) is 12.1 Å². The van der Waals surface area contributed by atoms with E-state index in [1.807, 2.05) is 38.1 Å². The van der Waals surface area contributed by atoms with Crippen LogP contribution in [-0.4, -0.2) is 10.9 Å². The summed E-state index contributed by atoms with van der Waals surface area (Å²) in [5.41, 5.74) is 2.61. The summed E-state index contributed by atoms with van der Waals surface area (Å²) in [7, 11) is 0. The molecule has 0 saturated carbocycles. The zero-order valence-electron chi connectivity index (χ0n) is 16.5. The molecule has 5 nitrogen and oxygen atoms in total. The Hall–Kier alpha value is -3.45. The van der Waals surface area contributed by atoms with Gasteiger partial charge in [-0.05, 0) is 67.4 Å². The molecule has 1 atom stereocenters. The van der Waals surface area contributed by atoms with Crippen molar-refractivity contribution in [3.05, 3.63) is 100 Å². The summed E-state index contributed by atoms with van der Waals surface area (Å²) < 4.78 is 19.2. The Bertz CT molecular complexity index is 1170. The number of amides is 1. The van der Waals surface area contributed by atoms with Gasteiger partial charge < -0.3 is 15.1 Å². The van der Waals surface area contributed by atoms with Gasteiger partial charge in [-0.2, -0.15) is 0 Å².